The van der Waals surface area contributed by atoms with Crippen LogP contribution in [0.3, 0.4) is 0 Å². The van der Waals surface area contributed by atoms with Crippen LogP contribution in [0.15, 0.2) is 84.9 Å². The minimum atomic E-state index is 0.862. The molecule has 0 atom stereocenters. The van der Waals surface area contributed by atoms with E-state index < -0.39 is 0 Å². The van der Waals surface area contributed by atoms with Gasteiger partial charge >= 0.3 is 0 Å². The number of imidazole rings is 1. The first-order chi connectivity index (χ1) is 14.8. The van der Waals surface area contributed by atoms with Gasteiger partial charge in [-0.15, -0.1) is 0 Å². The zero-order chi connectivity index (χ0) is 20.3. The van der Waals surface area contributed by atoms with Crippen molar-refractivity contribution < 1.29 is 4.74 Å². The van der Waals surface area contributed by atoms with E-state index in [-0.39, 0.29) is 0 Å². The smallest absolute Gasteiger partial charge is 0.140 e. The first-order valence-corrected chi connectivity index (χ1v) is 10.4. The Morgan fingerprint density at radius 3 is 2.40 bits per heavy atom. The number of hydrogen-bond acceptors (Lipinski definition) is 3. The molecule has 1 aliphatic heterocycles. The van der Waals surface area contributed by atoms with E-state index in [0.717, 1.165) is 43.4 Å². The van der Waals surface area contributed by atoms with Crippen LogP contribution in [0.2, 0.25) is 0 Å². The molecule has 0 saturated carbocycles. The second-order valence-corrected chi connectivity index (χ2v) is 7.78. The molecule has 150 valence electrons. The summed E-state index contributed by atoms with van der Waals surface area (Å²) in [6.45, 7) is 2.83. The quantitative estimate of drug-likeness (QED) is 0.451. The van der Waals surface area contributed by atoms with Crippen molar-refractivity contribution >= 4 is 0 Å². The Morgan fingerprint density at radius 2 is 1.60 bits per heavy atom. The van der Waals surface area contributed by atoms with Crippen molar-refractivity contribution in [2.75, 3.05) is 6.54 Å². The molecule has 0 amide bonds. The monoisotopic (exact) mass is 395 g/mol. The van der Waals surface area contributed by atoms with E-state index in [1.165, 1.54) is 22.5 Å². The molecule has 0 saturated heterocycles. The predicted octanol–water partition coefficient (Wildman–Crippen LogP) is 5.44. The summed E-state index contributed by atoms with van der Waals surface area (Å²) >= 11 is 0. The van der Waals surface area contributed by atoms with Gasteiger partial charge in [0.2, 0.25) is 0 Å². The van der Waals surface area contributed by atoms with Crippen LogP contribution in [0.25, 0.3) is 11.4 Å². The zero-order valence-corrected chi connectivity index (χ0v) is 17.2. The third-order valence-corrected chi connectivity index (χ3v) is 5.65. The van der Waals surface area contributed by atoms with Crippen molar-refractivity contribution in [3.05, 3.63) is 102 Å². The summed E-state index contributed by atoms with van der Waals surface area (Å²) in [4.78, 5) is 7.43. The lowest BCUT2D eigenvalue weighted by Gasteiger charge is -2.27. The van der Waals surface area contributed by atoms with Gasteiger partial charge in [0.25, 0.3) is 0 Å². The van der Waals surface area contributed by atoms with E-state index in [9.17, 15) is 0 Å². The minimum absolute atomic E-state index is 0.862. The van der Waals surface area contributed by atoms with Gasteiger partial charge in [0.15, 0.2) is 0 Å². The molecular weight excluding hydrogens is 370 g/mol. The summed E-state index contributed by atoms with van der Waals surface area (Å²) in [6.07, 6.45) is 0.982. The maximum absolute atomic E-state index is 6.00. The SMILES string of the molecule is Cn1c(-c2ccccc2)nc2c1CN(Cc1cccc(Oc3ccccc3)c1)CC2. The van der Waals surface area contributed by atoms with Gasteiger partial charge in [0, 0.05) is 38.7 Å². The third kappa shape index (κ3) is 3.87. The number of para-hydroxylation sites is 1. The lowest BCUT2D eigenvalue weighted by Crippen LogP contribution is -2.31. The summed E-state index contributed by atoms with van der Waals surface area (Å²) in [6, 6.07) is 28.8. The fourth-order valence-corrected chi connectivity index (χ4v) is 4.11. The highest BCUT2D eigenvalue weighted by molar-refractivity contribution is 5.57. The molecule has 4 aromatic rings. The number of rotatable bonds is 5. The molecule has 0 aliphatic carbocycles. The molecule has 0 fully saturated rings. The lowest BCUT2D eigenvalue weighted by atomic mass is 10.1. The van der Waals surface area contributed by atoms with Crippen LogP contribution in [0.1, 0.15) is 17.0 Å². The van der Waals surface area contributed by atoms with Gasteiger partial charge in [-0.2, -0.15) is 0 Å². The van der Waals surface area contributed by atoms with E-state index in [2.05, 4.69) is 59.0 Å². The normalized spacial score (nSPS) is 13.8. The molecule has 0 spiro atoms. The summed E-state index contributed by atoms with van der Waals surface area (Å²) in [5, 5.41) is 0. The Bertz CT molecular complexity index is 1140. The topological polar surface area (TPSA) is 30.3 Å². The van der Waals surface area contributed by atoms with E-state index >= 15 is 0 Å². The van der Waals surface area contributed by atoms with Crippen LogP contribution < -0.4 is 4.74 Å². The molecule has 30 heavy (non-hydrogen) atoms. The number of benzene rings is 3. The average molecular weight is 396 g/mol. The van der Waals surface area contributed by atoms with Gasteiger partial charge in [-0.3, -0.25) is 4.90 Å². The molecule has 1 aliphatic rings. The summed E-state index contributed by atoms with van der Waals surface area (Å²) in [5.41, 5.74) is 4.98. The molecule has 0 unspecified atom stereocenters. The highest BCUT2D eigenvalue weighted by Gasteiger charge is 2.23. The number of nitrogens with zero attached hydrogens (tertiary/aromatic N) is 3. The first kappa shape index (κ1) is 18.6. The summed E-state index contributed by atoms with van der Waals surface area (Å²) < 4.78 is 8.26. The van der Waals surface area contributed by atoms with Gasteiger partial charge in [0.1, 0.15) is 17.3 Å². The fraction of sp³-hybridized carbons (Fsp3) is 0.192. The van der Waals surface area contributed by atoms with E-state index in [0.29, 0.717) is 0 Å². The number of ether oxygens (including phenoxy) is 1. The van der Waals surface area contributed by atoms with Gasteiger partial charge in [0.05, 0.1) is 11.4 Å². The second kappa shape index (κ2) is 8.17. The van der Waals surface area contributed by atoms with Crippen LogP contribution in [0, 0.1) is 0 Å². The Balaban J connectivity index is 1.31. The molecule has 0 N–H and O–H groups in total. The van der Waals surface area contributed by atoms with Crippen LogP contribution in [0.5, 0.6) is 11.5 Å². The van der Waals surface area contributed by atoms with Crippen molar-refractivity contribution in [3.8, 4) is 22.9 Å². The first-order valence-electron chi connectivity index (χ1n) is 10.4. The van der Waals surface area contributed by atoms with Gasteiger partial charge < -0.3 is 9.30 Å². The maximum atomic E-state index is 6.00. The second-order valence-electron chi connectivity index (χ2n) is 7.78. The van der Waals surface area contributed by atoms with Gasteiger partial charge in [-0.25, -0.2) is 4.98 Å². The van der Waals surface area contributed by atoms with Crippen LogP contribution in [-0.4, -0.2) is 21.0 Å². The fourth-order valence-electron chi connectivity index (χ4n) is 4.11. The Labute approximate surface area is 177 Å². The number of aromatic nitrogens is 2. The molecule has 4 heteroatoms. The summed E-state index contributed by atoms with van der Waals surface area (Å²) in [7, 11) is 2.13. The maximum Gasteiger partial charge on any atom is 0.140 e. The average Bonchev–Trinajstić information content (AvgIpc) is 3.11. The van der Waals surface area contributed by atoms with E-state index in [1.54, 1.807) is 0 Å². The third-order valence-electron chi connectivity index (χ3n) is 5.65. The standard InChI is InChI=1S/C26H25N3O/c1-28-25-19-29(16-15-24(25)27-26(28)21-10-4-2-5-11-21)18-20-9-8-14-23(17-20)30-22-12-6-3-7-13-22/h2-14,17H,15-16,18-19H2,1H3. The largest absolute Gasteiger partial charge is 0.457 e. The molecule has 2 heterocycles. The van der Waals surface area contributed by atoms with Crippen molar-refractivity contribution in [2.45, 2.75) is 19.5 Å². The zero-order valence-electron chi connectivity index (χ0n) is 17.2. The molecular formula is C26H25N3O. The Hall–Kier alpha value is -3.37. The van der Waals surface area contributed by atoms with Gasteiger partial charge in [-0.1, -0.05) is 60.7 Å². The van der Waals surface area contributed by atoms with Crippen molar-refractivity contribution in [1.29, 1.82) is 0 Å². The van der Waals surface area contributed by atoms with Crippen molar-refractivity contribution in [1.82, 2.24) is 14.5 Å². The Kier molecular flexibility index (Phi) is 5.08. The van der Waals surface area contributed by atoms with Crippen LogP contribution in [-0.2, 0) is 26.6 Å². The predicted molar refractivity (Wildman–Crippen MR) is 119 cm³/mol. The number of fused-ring (bicyclic) bond motifs is 1. The van der Waals surface area contributed by atoms with E-state index in [1.807, 2.05) is 42.5 Å². The number of hydrogen-bond donors (Lipinski definition) is 0. The highest BCUT2D eigenvalue weighted by atomic mass is 16.5. The molecule has 3 aromatic carbocycles. The lowest BCUT2D eigenvalue weighted by molar-refractivity contribution is 0.238. The highest BCUT2D eigenvalue weighted by Crippen LogP contribution is 2.27. The molecule has 5 rings (SSSR count). The Morgan fingerprint density at radius 1 is 0.867 bits per heavy atom. The molecule has 0 bridgehead atoms. The molecule has 4 nitrogen and oxygen atoms in total. The molecule has 0 radical (unpaired) electrons. The van der Waals surface area contributed by atoms with Gasteiger partial charge in [-0.05, 0) is 29.8 Å². The van der Waals surface area contributed by atoms with Crippen molar-refractivity contribution in [2.24, 2.45) is 7.05 Å². The summed E-state index contributed by atoms with van der Waals surface area (Å²) in [5.74, 6) is 2.80. The van der Waals surface area contributed by atoms with Crippen molar-refractivity contribution in [3.63, 3.8) is 0 Å². The minimum Gasteiger partial charge on any atom is -0.457 e. The molecule has 1 aromatic heterocycles. The van der Waals surface area contributed by atoms with Crippen LogP contribution >= 0.6 is 0 Å². The van der Waals surface area contributed by atoms with E-state index in [4.69, 9.17) is 9.72 Å². The van der Waals surface area contributed by atoms with Crippen LogP contribution in [0.4, 0.5) is 0 Å².